The number of hydrogen-bond acceptors (Lipinski definition) is 23. The molecule has 0 spiro atoms. The van der Waals surface area contributed by atoms with Crippen LogP contribution in [0.5, 0.6) is 0 Å². The van der Waals surface area contributed by atoms with Gasteiger partial charge in [-0.1, -0.05) is 0 Å². The van der Waals surface area contributed by atoms with Crippen LogP contribution in [-0.2, 0) is 28.4 Å². The van der Waals surface area contributed by atoms with Crippen molar-refractivity contribution in [3.05, 3.63) is 0 Å². The summed E-state index contributed by atoms with van der Waals surface area (Å²) in [6.07, 6.45) is -28.7. The molecule has 0 amide bonds. The molecule has 4 rings (SSSR count). The Morgan fingerprint density at radius 2 is 0.942 bits per heavy atom. The number of halogens is 4. The lowest BCUT2D eigenvalue weighted by molar-refractivity contribution is -0.392. The number of rotatable bonds is 11. The zero-order chi connectivity index (χ0) is 39.6. The molecule has 0 aromatic carbocycles. The Balaban J connectivity index is 1.70. The highest BCUT2D eigenvalue weighted by Gasteiger charge is 2.75. The second-order valence-electron chi connectivity index (χ2n) is 12.6. The Labute approximate surface area is 326 Å². The molecule has 20 atom stereocenters. The molecule has 23 nitrogen and oxygen atoms in total. The van der Waals surface area contributed by atoms with Crippen LogP contribution in [0.15, 0.2) is 0 Å². The summed E-state index contributed by atoms with van der Waals surface area (Å²) in [4.78, 5) is 0. The third kappa shape index (κ3) is 7.32. The van der Waals surface area contributed by atoms with Gasteiger partial charge < -0.3 is 110 Å². The van der Waals surface area contributed by atoms with Gasteiger partial charge in [-0.3, -0.25) is 5.32 Å². The van der Waals surface area contributed by atoms with Crippen LogP contribution in [0.3, 0.4) is 0 Å². The van der Waals surface area contributed by atoms with Crippen LogP contribution < -0.4 is 5.32 Å². The Bertz CT molecular complexity index is 1140. The summed E-state index contributed by atoms with van der Waals surface area (Å²) in [5.74, 6) is 0. The summed E-state index contributed by atoms with van der Waals surface area (Å²) in [6.45, 7) is -5.77. The summed E-state index contributed by atoms with van der Waals surface area (Å²) >= 11 is 11.3. The van der Waals surface area contributed by atoms with Gasteiger partial charge in [0.15, 0.2) is 56.1 Å². The van der Waals surface area contributed by atoms with Crippen molar-refractivity contribution in [1.82, 2.24) is 5.32 Å². The van der Waals surface area contributed by atoms with E-state index in [1.165, 1.54) is 0 Å². The average Bonchev–Trinajstić information content (AvgIpc) is 3.10. The average molecular weight is 1030 g/mol. The highest BCUT2D eigenvalue weighted by Crippen LogP contribution is 2.54. The molecule has 17 N–H and O–H groups in total. The third-order valence-corrected chi connectivity index (χ3v) is 15.1. The first-order chi connectivity index (χ1) is 23.9. The molecule has 4 heterocycles. The van der Waals surface area contributed by atoms with Crippen LogP contribution >= 0.6 is 63.7 Å². The van der Waals surface area contributed by atoms with Gasteiger partial charge >= 0.3 is 0 Å². The standard InChI is InChI=1S/C25H41Br4NO22/c26-21(4-33)24(28,45)20(43,14(39)18(51-21)49-12-6(1-31)47-16(41)10(37)8(12)35)3-30-23(44)15(40)19(52-22(27,5-34)25(23,29)46)50-13-7(2-32)48-17(42)11(38)9(13)36/h6-19,30-46H,1-5H2/t6-,7-,8-,9-,10-,11-,12-,13-,14+,15+,16-,17-,18+,19+,20+,21+,22+,23+,24+,25-/m1/s1. The molecule has 52 heavy (non-hydrogen) atoms. The van der Waals surface area contributed by atoms with Gasteiger partial charge in [0.25, 0.3) is 0 Å². The number of hydrogen-bond donors (Lipinski definition) is 17. The van der Waals surface area contributed by atoms with E-state index in [0.717, 1.165) is 0 Å². The normalized spacial score (nSPS) is 56.1. The summed E-state index contributed by atoms with van der Waals surface area (Å²) in [7, 11) is 0. The number of aliphatic hydroxyl groups excluding tert-OH is 12. The van der Waals surface area contributed by atoms with E-state index in [1.54, 1.807) is 0 Å². The van der Waals surface area contributed by atoms with Crippen molar-refractivity contribution in [1.29, 1.82) is 0 Å². The molecular weight excluding hydrogens is 986 g/mol. The van der Waals surface area contributed by atoms with E-state index in [9.17, 15) is 81.7 Å². The van der Waals surface area contributed by atoms with Gasteiger partial charge in [0.2, 0.25) is 4.51 Å². The number of aliphatic hydroxyl groups is 16. The molecule has 0 aromatic rings. The van der Waals surface area contributed by atoms with Gasteiger partial charge in [-0.2, -0.15) is 0 Å². The van der Waals surface area contributed by atoms with Crippen LogP contribution in [0, 0.1) is 0 Å². The molecule has 306 valence electrons. The molecular formula is C25H41Br4NO22. The minimum Gasteiger partial charge on any atom is -0.394 e. The summed E-state index contributed by atoms with van der Waals surface area (Å²) in [5.41, 5.74) is -6.60. The van der Waals surface area contributed by atoms with E-state index >= 15 is 0 Å². The van der Waals surface area contributed by atoms with Crippen molar-refractivity contribution in [2.24, 2.45) is 0 Å². The van der Waals surface area contributed by atoms with Gasteiger partial charge in [0.1, 0.15) is 54.9 Å². The fourth-order valence-electron chi connectivity index (χ4n) is 6.06. The molecule has 4 saturated heterocycles. The smallest absolute Gasteiger partial charge is 0.206 e. The molecule has 4 fully saturated rings. The molecule has 0 unspecified atom stereocenters. The molecule has 0 aliphatic carbocycles. The van der Waals surface area contributed by atoms with Crippen molar-refractivity contribution in [2.45, 2.75) is 116 Å². The van der Waals surface area contributed by atoms with E-state index in [2.05, 4.69) is 69.0 Å². The number of ether oxygens (including phenoxy) is 6. The molecule has 0 radical (unpaired) electrons. The van der Waals surface area contributed by atoms with Gasteiger partial charge in [-0.05, 0) is 63.7 Å². The minimum absolute atomic E-state index is 0.941. The summed E-state index contributed by atoms with van der Waals surface area (Å²) in [6, 6.07) is 0. The first kappa shape index (κ1) is 45.7. The van der Waals surface area contributed by atoms with Crippen molar-refractivity contribution < 1.29 is 110 Å². The Morgan fingerprint density at radius 1 is 0.558 bits per heavy atom. The SMILES string of the molecule is OC[C@H]1O[C@@H](O)[C@H](O)[C@@H](O)[C@@H]1O[C@H]1O[C@@](Br)(CO)[C@](O)(Br)[C@](O)(CN[C@]2(O)[C@@H](O)[C@@H](O[C@H]3[C@H](O)[C@@H](O)[C@H](O)O[C@@H]3CO)O[C@@](Br)(CO)[C@]2(O)Br)[C@H]1O. The fourth-order valence-corrected chi connectivity index (χ4v) is 8.26. The zero-order valence-corrected chi connectivity index (χ0v) is 32.6. The summed E-state index contributed by atoms with van der Waals surface area (Å²) < 4.78 is 20.8. The monoisotopic (exact) mass is 1020 g/mol. The zero-order valence-electron chi connectivity index (χ0n) is 26.2. The highest BCUT2D eigenvalue weighted by molar-refractivity contribution is 9.13. The topological polar surface area (TPSA) is 391 Å². The van der Waals surface area contributed by atoms with Crippen LogP contribution in [0.4, 0.5) is 0 Å². The van der Waals surface area contributed by atoms with Crippen molar-refractivity contribution in [2.75, 3.05) is 33.0 Å². The first-order valence-electron chi connectivity index (χ1n) is 15.1. The highest BCUT2D eigenvalue weighted by atomic mass is 79.9. The minimum atomic E-state index is -3.37. The van der Waals surface area contributed by atoms with E-state index in [0.29, 0.717) is 0 Å². The molecule has 4 aliphatic heterocycles. The van der Waals surface area contributed by atoms with Crippen molar-refractivity contribution in [3.8, 4) is 0 Å². The Hall–Kier alpha value is 1.000. The van der Waals surface area contributed by atoms with Crippen LogP contribution in [0.25, 0.3) is 0 Å². The predicted octanol–water partition coefficient (Wildman–Crippen LogP) is -8.60. The number of nitrogens with one attached hydrogen (secondary N) is 1. The van der Waals surface area contributed by atoms with Crippen LogP contribution in [-0.4, -0.2) is 230 Å². The third-order valence-electron chi connectivity index (χ3n) is 9.40. The van der Waals surface area contributed by atoms with Crippen LogP contribution in [0.1, 0.15) is 0 Å². The Kier molecular flexibility index (Phi) is 14.4. The van der Waals surface area contributed by atoms with Crippen LogP contribution in [0.2, 0.25) is 0 Å². The van der Waals surface area contributed by atoms with Crippen molar-refractivity contribution in [3.63, 3.8) is 0 Å². The van der Waals surface area contributed by atoms with E-state index in [1.807, 2.05) is 0 Å². The van der Waals surface area contributed by atoms with Crippen molar-refractivity contribution >= 4 is 63.7 Å². The first-order valence-corrected chi connectivity index (χ1v) is 18.3. The maximum absolute atomic E-state index is 12.0. The molecule has 0 aromatic heterocycles. The van der Waals surface area contributed by atoms with E-state index in [4.69, 9.17) is 28.4 Å². The van der Waals surface area contributed by atoms with Gasteiger partial charge in [0, 0.05) is 6.54 Å². The molecule has 27 heteroatoms. The Morgan fingerprint density at radius 3 is 1.33 bits per heavy atom. The predicted molar refractivity (Wildman–Crippen MR) is 175 cm³/mol. The molecule has 0 bridgehead atoms. The lowest BCUT2D eigenvalue weighted by Gasteiger charge is -2.59. The number of alkyl halides is 4. The fraction of sp³-hybridized carbons (Fsp3) is 1.00. The second kappa shape index (κ2) is 16.3. The molecule has 0 saturated carbocycles. The summed E-state index contributed by atoms with van der Waals surface area (Å²) in [5, 5.41) is 173. The van der Waals surface area contributed by atoms with E-state index < -0.39 is 149 Å². The maximum atomic E-state index is 12.0. The largest absolute Gasteiger partial charge is 0.394 e. The quantitative estimate of drug-likeness (QED) is 0.0675. The van der Waals surface area contributed by atoms with Gasteiger partial charge in [0.05, 0.1) is 26.4 Å². The second-order valence-corrected chi connectivity index (χ2v) is 17.4. The lowest BCUT2D eigenvalue weighted by atomic mass is 9.82. The lowest BCUT2D eigenvalue weighted by Crippen LogP contribution is -2.84. The molecule has 4 aliphatic rings. The van der Waals surface area contributed by atoms with Gasteiger partial charge in [-0.25, -0.2) is 0 Å². The maximum Gasteiger partial charge on any atom is 0.206 e. The van der Waals surface area contributed by atoms with Gasteiger partial charge in [-0.15, -0.1) is 0 Å². The van der Waals surface area contributed by atoms with E-state index in [-0.39, 0.29) is 0 Å².